The first-order valence-corrected chi connectivity index (χ1v) is 11.3. The van der Waals surface area contributed by atoms with Crippen molar-refractivity contribution in [1.29, 1.82) is 0 Å². The van der Waals surface area contributed by atoms with Crippen molar-refractivity contribution in [2.45, 2.75) is 25.6 Å². The van der Waals surface area contributed by atoms with Crippen LogP contribution in [-0.4, -0.2) is 44.0 Å². The number of anilines is 3. The molecular formula is C27H30N4O. The zero-order valence-electron chi connectivity index (χ0n) is 18.8. The number of carbonyl (C=O) groups is 1. The van der Waals surface area contributed by atoms with Gasteiger partial charge in [0.2, 0.25) is 0 Å². The van der Waals surface area contributed by atoms with Gasteiger partial charge in [-0.3, -0.25) is 4.79 Å². The molecule has 3 aromatic rings. The largest absolute Gasteiger partial charge is 0.370 e. The first kappa shape index (κ1) is 20.6. The standard InChI is InChI=1S/C27H30N4O/c1-29(2)26-15-16-30(19-26)24-13-9-23(10-14-24)28-27(32)20-7-11-25(12-8-20)31-17-21-5-3-4-6-22(21)18-31/h3-14,26H,15-19H2,1-2H3,(H,28,32). The maximum Gasteiger partial charge on any atom is 0.255 e. The Morgan fingerprint density at radius 1 is 0.844 bits per heavy atom. The molecule has 1 atom stereocenters. The van der Waals surface area contributed by atoms with Crippen LogP contribution in [0.2, 0.25) is 0 Å². The monoisotopic (exact) mass is 426 g/mol. The van der Waals surface area contributed by atoms with Gasteiger partial charge in [-0.1, -0.05) is 24.3 Å². The smallest absolute Gasteiger partial charge is 0.255 e. The number of nitrogens with one attached hydrogen (secondary N) is 1. The molecule has 1 fully saturated rings. The van der Waals surface area contributed by atoms with E-state index >= 15 is 0 Å². The second kappa shape index (κ2) is 8.67. The lowest BCUT2D eigenvalue weighted by Gasteiger charge is -2.22. The number of carbonyl (C=O) groups excluding carboxylic acids is 1. The van der Waals surface area contributed by atoms with Gasteiger partial charge in [0, 0.05) is 54.8 Å². The summed E-state index contributed by atoms with van der Waals surface area (Å²) >= 11 is 0. The van der Waals surface area contributed by atoms with Crippen molar-refractivity contribution in [3.63, 3.8) is 0 Å². The molecule has 1 N–H and O–H groups in total. The van der Waals surface area contributed by atoms with Crippen LogP contribution in [0.3, 0.4) is 0 Å². The topological polar surface area (TPSA) is 38.8 Å². The Morgan fingerprint density at radius 2 is 1.44 bits per heavy atom. The molecule has 2 aliphatic rings. The molecule has 0 aliphatic carbocycles. The molecule has 0 spiro atoms. The minimum Gasteiger partial charge on any atom is -0.370 e. The summed E-state index contributed by atoms with van der Waals surface area (Å²) in [6, 6.07) is 25.2. The molecule has 0 radical (unpaired) electrons. The van der Waals surface area contributed by atoms with Crippen LogP contribution in [0.15, 0.2) is 72.8 Å². The fraction of sp³-hybridized carbons (Fsp3) is 0.296. The summed E-state index contributed by atoms with van der Waals surface area (Å²) in [6.07, 6.45) is 1.19. The highest BCUT2D eigenvalue weighted by Gasteiger charge is 2.24. The predicted octanol–water partition coefficient (Wildman–Crippen LogP) is 4.60. The Bertz CT molecular complexity index is 1070. The Hall–Kier alpha value is -3.31. The number of nitrogens with zero attached hydrogens (tertiary/aromatic N) is 3. The number of hydrogen-bond acceptors (Lipinski definition) is 4. The summed E-state index contributed by atoms with van der Waals surface area (Å²) < 4.78 is 0. The van der Waals surface area contributed by atoms with Crippen molar-refractivity contribution in [3.8, 4) is 0 Å². The van der Waals surface area contributed by atoms with Crippen LogP contribution >= 0.6 is 0 Å². The van der Waals surface area contributed by atoms with E-state index in [0.29, 0.717) is 11.6 Å². The molecule has 2 aliphatic heterocycles. The minimum absolute atomic E-state index is 0.0807. The van der Waals surface area contributed by atoms with Gasteiger partial charge in [-0.2, -0.15) is 0 Å². The van der Waals surface area contributed by atoms with Gasteiger partial charge in [-0.15, -0.1) is 0 Å². The Morgan fingerprint density at radius 3 is 2.03 bits per heavy atom. The highest BCUT2D eigenvalue weighted by molar-refractivity contribution is 6.04. The van der Waals surface area contributed by atoms with E-state index in [-0.39, 0.29) is 5.91 Å². The van der Waals surface area contributed by atoms with Crippen molar-refractivity contribution in [3.05, 3.63) is 89.5 Å². The van der Waals surface area contributed by atoms with Gasteiger partial charge in [0.05, 0.1) is 0 Å². The molecule has 3 aromatic carbocycles. The summed E-state index contributed by atoms with van der Waals surface area (Å²) in [5.41, 5.74) is 6.60. The number of benzene rings is 3. The van der Waals surface area contributed by atoms with Crippen LogP contribution < -0.4 is 15.1 Å². The van der Waals surface area contributed by atoms with E-state index < -0.39 is 0 Å². The Balaban J connectivity index is 1.19. The SMILES string of the molecule is CN(C)C1CCN(c2ccc(NC(=O)c3ccc(N4Cc5ccccc5C4)cc3)cc2)C1. The van der Waals surface area contributed by atoms with E-state index in [1.54, 1.807) is 0 Å². The zero-order valence-corrected chi connectivity index (χ0v) is 18.8. The van der Waals surface area contributed by atoms with Crippen molar-refractivity contribution in [1.82, 2.24) is 4.90 Å². The maximum absolute atomic E-state index is 12.7. The minimum atomic E-state index is -0.0807. The number of likely N-dealkylation sites (N-methyl/N-ethyl adjacent to an activating group) is 1. The van der Waals surface area contributed by atoms with Crippen molar-refractivity contribution in [2.75, 3.05) is 42.3 Å². The van der Waals surface area contributed by atoms with E-state index in [0.717, 1.165) is 37.6 Å². The van der Waals surface area contributed by atoms with Gasteiger partial charge in [0.25, 0.3) is 5.91 Å². The molecule has 32 heavy (non-hydrogen) atoms. The van der Waals surface area contributed by atoms with Crippen LogP contribution in [-0.2, 0) is 13.1 Å². The lowest BCUT2D eigenvalue weighted by atomic mass is 10.1. The van der Waals surface area contributed by atoms with Gasteiger partial charge >= 0.3 is 0 Å². The maximum atomic E-state index is 12.7. The molecule has 5 nitrogen and oxygen atoms in total. The van der Waals surface area contributed by atoms with Gasteiger partial charge < -0.3 is 20.0 Å². The lowest BCUT2D eigenvalue weighted by molar-refractivity contribution is 0.102. The fourth-order valence-corrected chi connectivity index (χ4v) is 4.70. The van der Waals surface area contributed by atoms with Crippen LogP contribution in [0.5, 0.6) is 0 Å². The van der Waals surface area contributed by atoms with Crippen LogP contribution in [0.1, 0.15) is 27.9 Å². The van der Waals surface area contributed by atoms with E-state index in [9.17, 15) is 4.79 Å². The highest BCUT2D eigenvalue weighted by Crippen LogP contribution is 2.28. The molecular weight excluding hydrogens is 396 g/mol. The molecule has 1 amide bonds. The third-order valence-electron chi connectivity index (χ3n) is 6.72. The second-order valence-corrected chi connectivity index (χ2v) is 9.02. The van der Waals surface area contributed by atoms with Crippen LogP contribution in [0.4, 0.5) is 17.1 Å². The molecule has 1 saturated heterocycles. The molecule has 2 heterocycles. The average molecular weight is 427 g/mol. The summed E-state index contributed by atoms with van der Waals surface area (Å²) in [5.74, 6) is -0.0807. The van der Waals surface area contributed by atoms with Crippen LogP contribution in [0, 0.1) is 0 Å². The molecule has 5 heteroatoms. The van der Waals surface area contributed by atoms with Gasteiger partial charge in [0.1, 0.15) is 0 Å². The van der Waals surface area contributed by atoms with Gasteiger partial charge in [-0.25, -0.2) is 0 Å². The molecule has 0 bridgehead atoms. The molecule has 0 saturated carbocycles. The second-order valence-electron chi connectivity index (χ2n) is 9.02. The van der Waals surface area contributed by atoms with Crippen molar-refractivity contribution >= 4 is 23.0 Å². The fourth-order valence-electron chi connectivity index (χ4n) is 4.70. The molecule has 5 rings (SSSR count). The molecule has 164 valence electrons. The normalized spacial score (nSPS) is 17.7. The number of fused-ring (bicyclic) bond motifs is 1. The third kappa shape index (κ3) is 4.21. The van der Waals surface area contributed by atoms with E-state index in [4.69, 9.17) is 0 Å². The van der Waals surface area contributed by atoms with E-state index in [1.807, 2.05) is 36.4 Å². The summed E-state index contributed by atoms with van der Waals surface area (Å²) in [6.45, 7) is 3.96. The quantitative estimate of drug-likeness (QED) is 0.647. The average Bonchev–Trinajstić information content (AvgIpc) is 3.47. The highest BCUT2D eigenvalue weighted by atomic mass is 16.1. The molecule has 1 unspecified atom stereocenters. The number of amides is 1. The Labute approximate surface area is 190 Å². The van der Waals surface area contributed by atoms with Gasteiger partial charge in [0.15, 0.2) is 0 Å². The van der Waals surface area contributed by atoms with Crippen LogP contribution in [0.25, 0.3) is 0 Å². The number of hydrogen-bond donors (Lipinski definition) is 1. The first-order valence-electron chi connectivity index (χ1n) is 11.3. The summed E-state index contributed by atoms with van der Waals surface area (Å²) in [7, 11) is 4.28. The summed E-state index contributed by atoms with van der Waals surface area (Å²) in [5, 5.41) is 3.03. The molecule has 0 aromatic heterocycles. The van der Waals surface area contributed by atoms with Gasteiger partial charge in [-0.05, 0) is 80.2 Å². The van der Waals surface area contributed by atoms with E-state index in [1.165, 1.54) is 23.2 Å². The number of rotatable bonds is 5. The zero-order chi connectivity index (χ0) is 22.1. The predicted molar refractivity (Wildman–Crippen MR) is 131 cm³/mol. The summed E-state index contributed by atoms with van der Waals surface area (Å²) in [4.78, 5) is 19.8. The third-order valence-corrected chi connectivity index (χ3v) is 6.72. The Kier molecular flexibility index (Phi) is 5.58. The van der Waals surface area contributed by atoms with E-state index in [2.05, 4.69) is 70.5 Å². The first-order chi connectivity index (χ1) is 15.6. The lowest BCUT2D eigenvalue weighted by Crippen LogP contribution is -2.31. The van der Waals surface area contributed by atoms with Crippen molar-refractivity contribution < 1.29 is 4.79 Å². The van der Waals surface area contributed by atoms with Crippen molar-refractivity contribution in [2.24, 2.45) is 0 Å².